The molecule has 0 saturated heterocycles. The van der Waals surface area contributed by atoms with Crippen LogP contribution >= 0.6 is 0 Å². The van der Waals surface area contributed by atoms with Gasteiger partial charge in [0.1, 0.15) is 0 Å². The highest BCUT2D eigenvalue weighted by atomic mass is 14.7. The predicted octanol–water partition coefficient (Wildman–Crippen LogP) is 3.98. The fourth-order valence-corrected chi connectivity index (χ4v) is 1.65. The van der Waals surface area contributed by atoms with Crippen LogP contribution in [0, 0.1) is 0 Å². The summed E-state index contributed by atoms with van der Waals surface area (Å²) in [4.78, 5) is 3.29. The van der Waals surface area contributed by atoms with Crippen LogP contribution in [-0.2, 0) is 0 Å². The molecule has 0 atom stereocenters. The van der Waals surface area contributed by atoms with Gasteiger partial charge in [-0.15, -0.1) is 0 Å². The lowest BCUT2D eigenvalue weighted by Crippen LogP contribution is -1.79. The molecule has 0 saturated carbocycles. The maximum absolute atomic E-state index is 3.29. The Morgan fingerprint density at radius 3 is 2.50 bits per heavy atom. The minimum Gasteiger partial charge on any atom is -0.361 e. The summed E-state index contributed by atoms with van der Waals surface area (Å²) in [6, 6.07) is 8.41. The van der Waals surface area contributed by atoms with Crippen molar-refractivity contribution in [2.24, 2.45) is 0 Å². The van der Waals surface area contributed by atoms with Crippen LogP contribution in [0.1, 0.15) is 26.3 Å². The number of aromatic amines is 1. The number of allylic oxidation sites excluding steroid dienone is 2. The van der Waals surface area contributed by atoms with Crippen molar-refractivity contribution < 1.29 is 0 Å². The zero-order chi connectivity index (χ0) is 10.1. The number of rotatable bonds is 1. The van der Waals surface area contributed by atoms with Gasteiger partial charge in [0.25, 0.3) is 0 Å². The number of fused-ring (bicyclic) bond motifs is 1. The molecule has 0 aliphatic carbocycles. The molecule has 1 N–H and O–H groups in total. The van der Waals surface area contributed by atoms with Crippen molar-refractivity contribution in [2.75, 3.05) is 0 Å². The number of para-hydroxylation sites is 1. The topological polar surface area (TPSA) is 15.8 Å². The molecule has 0 amide bonds. The van der Waals surface area contributed by atoms with Gasteiger partial charge in [-0.05, 0) is 32.4 Å². The van der Waals surface area contributed by atoms with E-state index in [-0.39, 0.29) is 0 Å². The van der Waals surface area contributed by atoms with Gasteiger partial charge < -0.3 is 4.98 Å². The second-order valence-corrected chi connectivity index (χ2v) is 3.87. The molecule has 1 aromatic carbocycles. The largest absolute Gasteiger partial charge is 0.361 e. The average molecular weight is 185 g/mol. The van der Waals surface area contributed by atoms with Gasteiger partial charge in [0.05, 0.1) is 0 Å². The highest BCUT2D eigenvalue weighted by Gasteiger charge is 2.04. The molecule has 0 aliphatic rings. The van der Waals surface area contributed by atoms with Crippen LogP contribution in [-0.4, -0.2) is 4.98 Å². The van der Waals surface area contributed by atoms with Crippen LogP contribution in [0.25, 0.3) is 16.5 Å². The smallest absolute Gasteiger partial charge is 0.0460 e. The van der Waals surface area contributed by atoms with Crippen molar-refractivity contribution in [2.45, 2.75) is 20.8 Å². The van der Waals surface area contributed by atoms with E-state index in [2.05, 4.69) is 56.2 Å². The van der Waals surface area contributed by atoms with Crippen molar-refractivity contribution in [1.82, 2.24) is 4.98 Å². The Hall–Kier alpha value is -1.50. The first-order valence-electron chi connectivity index (χ1n) is 4.90. The Kier molecular flexibility index (Phi) is 2.16. The molecule has 2 rings (SSSR count). The number of aromatic nitrogens is 1. The summed E-state index contributed by atoms with van der Waals surface area (Å²) in [5, 5.41) is 1.31. The Morgan fingerprint density at radius 1 is 1.07 bits per heavy atom. The first kappa shape index (κ1) is 9.07. The molecule has 14 heavy (non-hydrogen) atoms. The Morgan fingerprint density at radius 2 is 1.79 bits per heavy atom. The number of hydrogen-bond donors (Lipinski definition) is 1. The SMILES string of the molecule is CC(C)=C(C)c1c[nH]c2ccccc12. The molecule has 1 nitrogen and oxygen atoms in total. The average Bonchev–Trinajstić information content (AvgIpc) is 2.60. The van der Waals surface area contributed by atoms with Gasteiger partial charge in [0, 0.05) is 22.7 Å². The lowest BCUT2D eigenvalue weighted by atomic mass is 10.0. The van der Waals surface area contributed by atoms with E-state index in [0.29, 0.717) is 0 Å². The number of benzene rings is 1. The molecule has 1 aromatic heterocycles. The normalized spacial score (nSPS) is 10.5. The highest BCUT2D eigenvalue weighted by Crippen LogP contribution is 2.26. The minimum absolute atomic E-state index is 1.21. The summed E-state index contributed by atoms with van der Waals surface area (Å²) in [6.45, 7) is 6.47. The fourth-order valence-electron chi connectivity index (χ4n) is 1.65. The van der Waals surface area contributed by atoms with Crippen LogP contribution < -0.4 is 0 Å². The third-order valence-corrected chi connectivity index (χ3v) is 2.74. The number of H-pyrrole nitrogens is 1. The molecule has 2 aromatic rings. The standard InChI is InChI=1S/C13H15N/c1-9(2)10(3)12-8-14-13-7-5-4-6-11(12)13/h4-8,14H,1-3H3. The van der Waals surface area contributed by atoms with E-state index < -0.39 is 0 Å². The van der Waals surface area contributed by atoms with E-state index in [1.807, 2.05) is 0 Å². The second kappa shape index (κ2) is 3.33. The quantitative estimate of drug-likeness (QED) is 0.691. The van der Waals surface area contributed by atoms with Crippen LogP contribution in [0.5, 0.6) is 0 Å². The van der Waals surface area contributed by atoms with Gasteiger partial charge in [-0.3, -0.25) is 0 Å². The number of hydrogen-bond acceptors (Lipinski definition) is 0. The summed E-state index contributed by atoms with van der Waals surface area (Å²) in [5.41, 5.74) is 5.26. The van der Waals surface area contributed by atoms with Crippen LogP contribution in [0.15, 0.2) is 36.0 Å². The molecular formula is C13H15N. The molecular weight excluding hydrogens is 170 g/mol. The van der Waals surface area contributed by atoms with E-state index in [1.165, 1.54) is 27.6 Å². The van der Waals surface area contributed by atoms with Crippen molar-refractivity contribution in [3.05, 3.63) is 41.6 Å². The summed E-state index contributed by atoms with van der Waals surface area (Å²) in [5.74, 6) is 0. The number of nitrogens with one attached hydrogen (secondary N) is 1. The van der Waals surface area contributed by atoms with Gasteiger partial charge in [-0.2, -0.15) is 0 Å². The van der Waals surface area contributed by atoms with E-state index in [0.717, 1.165) is 0 Å². The summed E-state index contributed by atoms with van der Waals surface area (Å²) in [7, 11) is 0. The van der Waals surface area contributed by atoms with Crippen molar-refractivity contribution in [3.8, 4) is 0 Å². The van der Waals surface area contributed by atoms with E-state index in [9.17, 15) is 0 Å². The Bertz CT molecular complexity index is 485. The first-order chi connectivity index (χ1) is 6.70. The lowest BCUT2D eigenvalue weighted by Gasteiger charge is -2.01. The molecule has 0 spiro atoms. The highest BCUT2D eigenvalue weighted by molar-refractivity contribution is 5.92. The van der Waals surface area contributed by atoms with Crippen molar-refractivity contribution in [1.29, 1.82) is 0 Å². The van der Waals surface area contributed by atoms with Crippen LogP contribution in [0.2, 0.25) is 0 Å². The van der Waals surface area contributed by atoms with Gasteiger partial charge in [-0.1, -0.05) is 23.8 Å². The van der Waals surface area contributed by atoms with Crippen LogP contribution in [0.3, 0.4) is 0 Å². The summed E-state index contributed by atoms with van der Waals surface area (Å²) in [6.07, 6.45) is 2.09. The lowest BCUT2D eigenvalue weighted by molar-refractivity contribution is 1.36. The molecule has 0 fully saturated rings. The summed E-state index contributed by atoms with van der Waals surface area (Å²) >= 11 is 0. The molecule has 0 bridgehead atoms. The Balaban J connectivity index is 2.71. The van der Waals surface area contributed by atoms with E-state index >= 15 is 0 Å². The summed E-state index contributed by atoms with van der Waals surface area (Å²) < 4.78 is 0. The maximum atomic E-state index is 3.29. The molecule has 72 valence electrons. The predicted molar refractivity (Wildman–Crippen MR) is 62.2 cm³/mol. The Labute approximate surface area is 84.5 Å². The van der Waals surface area contributed by atoms with Gasteiger partial charge >= 0.3 is 0 Å². The minimum atomic E-state index is 1.21. The van der Waals surface area contributed by atoms with E-state index in [4.69, 9.17) is 0 Å². The molecule has 0 radical (unpaired) electrons. The third kappa shape index (κ3) is 1.35. The second-order valence-electron chi connectivity index (χ2n) is 3.87. The molecule has 1 heterocycles. The molecule has 0 unspecified atom stereocenters. The molecule has 1 heteroatoms. The van der Waals surface area contributed by atoms with E-state index in [1.54, 1.807) is 0 Å². The van der Waals surface area contributed by atoms with Gasteiger partial charge in [0.2, 0.25) is 0 Å². The molecule has 0 aliphatic heterocycles. The van der Waals surface area contributed by atoms with Crippen molar-refractivity contribution in [3.63, 3.8) is 0 Å². The zero-order valence-corrected chi connectivity index (χ0v) is 8.89. The third-order valence-electron chi connectivity index (χ3n) is 2.74. The monoisotopic (exact) mass is 185 g/mol. The maximum Gasteiger partial charge on any atom is 0.0460 e. The van der Waals surface area contributed by atoms with Crippen molar-refractivity contribution >= 4 is 16.5 Å². The van der Waals surface area contributed by atoms with Gasteiger partial charge in [0.15, 0.2) is 0 Å². The first-order valence-corrected chi connectivity index (χ1v) is 4.90. The van der Waals surface area contributed by atoms with Gasteiger partial charge in [-0.25, -0.2) is 0 Å². The zero-order valence-electron chi connectivity index (χ0n) is 8.89. The van der Waals surface area contributed by atoms with Crippen LogP contribution in [0.4, 0.5) is 0 Å². The fraction of sp³-hybridized carbons (Fsp3) is 0.231.